The van der Waals surface area contributed by atoms with Gasteiger partial charge in [-0.3, -0.25) is 4.90 Å². The minimum atomic E-state index is 0.0315. The average molecular weight is 522 g/mol. The number of benzene rings is 2. The Morgan fingerprint density at radius 1 is 0.829 bits per heavy atom. The van der Waals surface area contributed by atoms with Crippen molar-refractivity contribution in [2.24, 2.45) is 0 Å². The smallest absolute Gasteiger partial charge is 0.203 e. The van der Waals surface area contributed by atoms with E-state index >= 15 is 0 Å². The molecule has 0 radical (unpaired) electrons. The summed E-state index contributed by atoms with van der Waals surface area (Å²) < 4.78 is 27.7. The van der Waals surface area contributed by atoms with Crippen LogP contribution in [0.5, 0.6) is 28.7 Å². The van der Waals surface area contributed by atoms with Crippen molar-refractivity contribution in [3.63, 3.8) is 0 Å². The first kappa shape index (κ1) is 27.7. The van der Waals surface area contributed by atoms with Crippen molar-refractivity contribution in [2.45, 2.75) is 36.8 Å². The molecular formula is C27H39NO5S2. The van der Waals surface area contributed by atoms with Crippen LogP contribution in [0.2, 0.25) is 0 Å². The number of thioether (sulfide) groups is 2. The van der Waals surface area contributed by atoms with Gasteiger partial charge in [0.2, 0.25) is 5.75 Å². The molecule has 2 aromatic rings. The van der Waals surface area contributed by atoms with Crippen LogP contribution in [0.25, 0.3) is 0 Å². The Labute approximate surface area is 219 Å². The summed E-state index contributed by atoms with van der Waals surface area (Å²) in [5.41, 5.74) is 2.41. The first-order valence-electron chi connectivity index (χ1n) is 11.9. The van der Waals surface area contributed by atoms with Gasteiger partial charge >= 0.3 is 0 Å². The molecule has 1 heterocycles. The zero-order chi connectivity index (χ0) is 25.4. The number of rotatable bonds is 12. The Kier molecular flexibility index (Phi) is 10.2. The van der Waals surface area contributed by atoms with E-state index in [-0.39, 0.29) is 10.1 Å². The first-order chi connectivity index (χ1) is 16.9. The molecule has 0 aromatic heterocycles. The molecule has 1 fully saturated rings. The van der Waals surface area contributed by atoms with Crippen LogP contribution in [0, 0.1) is 0 Å². The van der Waals surface area contributed by atoms with E-state index in [0.717, 1.165) is 31.0 Å². The van der Waals surface area contributed by atoms with Gasteiger partial charge in [0.15, 0.2) is 23.0 Å². The van der Waals surface area contributed by atoms with Crippen LogP contribution in [0.4, 0.5) is 0 Å². The van der Waals surface area contributed by atoms with E-state index in [1.165, 1.54) is 29.1 Å². The lowest BCUT2D eigenvalue weighted by molar-refractivity contribution is 0.235. The van der Waals surface area contributed by atoms with Crippen molar-refractivity contribution in [3.05, 3.63) is 41.5 Å². The third-order valence-corrected chi connectivity index (χ3v) is 9.75. The van der Waals surface area contributed by atoms with Crippen molar-refractivity contribution in [1.82, 2.24) is 4.90 Å². The molecule has 0 saturated carbocycles. The first-order valence-corrected chi connectivity index (χ1v) is 13.9. The lowest BCUT2D eigenvalue weighted by atomic mass is 9.99. The minimum absolute atomic E-state index is 0.0315. The third-order valence-electron chi connectivity index (χ3n) is 6.47. The maximum atomic E-state index is 5.61. The molecule has 35 heavy (non-hydrogen) atoms. The molecule has 0 aliphatic carbocycles. The van der Waals surface area contributed by atoms with Gasteiger partial charge in [0.1, 0.15) is 4.20 Å². The Morgan fingerprint density at radius 2 is 1.43 bits per heavy atom. The molecule has 194 valence electrons. The van der Waals surface area contributed by atoms with Gasteiger partial charge in [-0.05, 0) is 72.6 Å². The normalized spacial score (nSPS) is 16.0. The average Bonchev–Trinajstić information content (AvgIpc) is 2.89. The van der Waals surface area contributed by atoms with Gasteiger partial charge in [-0.25, -0.2) is 0 Å². The van der Waals surface area contributed by atoms with Crippen LogP contribution in [0.3, 0.4) is 0 Å². The molecule has 1 atom stereocenters. The lowest BCUT2D eigenvalue weighted by Gasteiger charge is -2.44. The second-order valence-corrected chi connectivity index (χ2v) is 11.9. The fourth-order valence-electron chi connectivity index (χ4n) is 4.39. The predicted molar refractivity (Wildman–Crippen MR) is 147 cm³/mol. The van der Waals surface area contributed by atoms with E-state index in [0.29, 0.717) is 17.2 Å². The molecular weight excluding hydrogens is 482 g/mol. The van der Waals surface area contributed by atoms with Gasteiger partial charge < -0.3 is 23.7 Å². The van der Waals surface area contributed by atoms with Crippen molar-refractivity contribution in [2.75, 3.05) is 60.1 Å². The zero-order valence-electron chi connectivity index (χ0n) is 22.0. The Hall–Kier alpha value is -1.90. The molecule has 0 bridgehead atoms. The SMILES string of the molecule is COc1ccc(CCN(CC(C)c2cc(OC)c(OC)c(OC)c2)C2(C)SCCCS2)cc1OC. The van der Waals surface area contributed by atoms with E-state index < -0.39 is 0 Å². The predicted octanol–water partition coefficient (Wildman–Crippen LogP) is 5.92. The van der Waals surface area contributed by atoms with Crippen LogP contribution >= 0.6 is 23.5 Å². The van der Waals surface area contributed by atoms with Crippen LogP contribution < -0.4 is 23.7 Å². The van der Waals surface area contributed by atoms with Crippen molar-refractivity contribution < 1.29 is 23.7 Å². The van der Waals surface area contributed by atoms with Crippen molar-refractivity contribution in [3.8, 4) is 28.7 Å². The summed E-state index contributed by atoms with van der Waals surface area (Å²) in [4.78, 5) is 2.63. The number of nitrogens with zero attached hydrogens (tertiary/aromatic N) is 1. The Morgan fingerprint density at radius 3 is 1.97 bits per heavy atom. The largest absolute Gasteiger partial charge is 0.493 e. The molecule has 3 rings (SSSR count). The Bertz CT molecular complexity index is 940. The lowest BCUT2D eigenvalue weighted by Crippen LogP contribution is -2.46. The van der Waals surface area contributed by atoms with Gasteiger partial charge in [0.05, 0.1) is 35.5 Å². The summed E-state index contributed by atoms with van der Waals surface area (Å²) in [5.74, 6) is 6.20. The fourth-order valence-corrected chi connectivity index (χ4v) is 7.44. The van der Waals surface area contributed by atoms with Crippen LogP contribution in [0.15, 0.2) is 30.3 Å². The van der Waals surface area contributed by atoms with Crippen molar-refractivity contribution >= 4 is 23.5 Å². The number of hydrogen-bond donors (Lipinski definition) is 0. The van der Waals surface area contributed by atoms with E-state index in [2.05, 4.69) is 66.5 Å². The van der Waals surface area contributed by atoms with Gasteiger partial charge in [0.25, 0.3) is 0 Å². The summed E-state index contributed by atoms with van der Waals surface area (Å²) in [6.45, 7) is 6.51. The molecule has 1 aliphatic heterocycles. The topological polar surface area (TPSA) is 49.4 Å². The van der Waals surface area contributed by atoms with Gasteiger partial charge in [-0.2, -0.15) is 0 Å². The monoisotopic (exact) mass is 521 g/mol. The molecule has 2 aromatic carbocycles. The number of methoxy groups -OCH3 is 5. The second-order valence-electron chi connectivity index (χ2n) is 8.69. The van der Waals surface area contributed by atoms with Gasteiger partial charge in [-0.15, -0.1) is 23.5 Å². The molecule has 0 amide bonds. The highest BCUT2D eigenvalue weighted by molar-refractivity contribution is 8.18. The fraction of sp³-hybridized carbons (Fsp3) is 0.556. The summed E-state index contributed by atoms with van der Waals surface area (Å²) in [7, 11) is 8.32. The third kappa shape index (κ3) is 6.66. The molecule has 1 aliphatic rings. The highest BCUT2D eigenvalue weighted by atomic mass is 32.2. The van der Waals surface area contributed by atoms with E-state index in [9.17, 15) is 0 Å². The molecule has 0 spiro atoms. The van der Waals surface area contributed by atoms with E-state index in [1.807, 2.05) is 6.07 Å². The minimum Gasteiger partial charge on any atom is -0.493 e. The summed E-state index contributed by atoms with van der Waals surface area (Å²) in [5, 5.41) is 0. The molecule has 0 N–H and O–H groups in total. The van der Waals surface area contributed by atoms with Crippen LogP contribution in [0.1, 0.15) is 37.3 Å². The zero-order valence-corrected chi connectivity index (χ0v) is 23.6. The van der Waals surface area contributed by atoms with E-state index in [4.69, 9.17) is 23.7 Å². The second kappa shape index (κ2) is 12.9. The quantitative estimate of drug-likeness (QED) is 0.341. The van der Waals surface area contributed by atoms with E-state index in [1.54, 1.807) is 35.5 Å². The van der Waals surface area contributed by atoms with Crippen LogP contribution in [-0.2, 0) is 6.42 Å². The maximum Gasteiger partial charge on any atom is 0.203 e. The summed E-state index contributed by atoms with van der Waals surface area (Å²) in [6.07, 6.45) is 2.19. The van der Waals surface area contributed by atoms with Gasteiger partial charge in [-0.1, -0.05) is 13.0 Å². The number of ether oxygens (including phenoxy) is 5. The molecule has 1 saturated heterocycles. The molecule has 8 heteroatoms. The Balaban J connectivity index is 1.84. The van der Waals surface area contributed by atoms with Crippen LogP contribution in [-0.4, -0.2) is 69.2 Å². The summed E-state index contributed by atoms with van der Waals surface area (Å²) >= 11 is 4.11. The molecule has 6 nitrogen and oxygen atoms in total. The van der Waals surface area contributed by atoms with Gasteiger partial charge in [0, 0.05) is 13.1 Å². The number of hydrogen-bond acceptors (Lipinski definition) is 8. The highest BCUT2D eigenvalue weighted by Gasteiger charge is 2.36. The van der Waals surface area contributed by atoms with Crippen molar-refractivity contribution in [1.29, 1.82) is 0 Å². The maximum absolute atomic E-state index is 5.61. The highest BCUT2D eigenvalue weighted by Crippen LogP contribution is 2.46. The summed E-state index contributed by atoms with van der Waals surface area (Å²) in [6, 6.07) is 10.3. The standard InChI is InChI=1S/C27H39NO5S2/c1-19(21-16-24(31-5)26(33-7)25(17-21)32-6)18-28(27(2)34-13-8-14-35-27)12-11-20-9-10-22(29-3)23(15-20)30-4/h9-10,15-17,19H,8,11-14,18H2,1-7H3. The molecule has 1 unspecified atom stereocenters.